The maximum atomic E-state index is 12.8. The number of halogens is 4. The Hall–Kier alpha value is -1.44. The summed E-state index contributed by atoms with van der Waals surface area (Å²) in [5, 5.41) is 11.0. The second kappa shape index (κ2) is 7.66. The summed E-state index contributed by atoms with van der Waals surface area (Å²) in [7, 11) is 0. The maximum absolute atomic E-state index is 12.8. The Labute approximate surface area is 163 Å². The van der Waals surface area contributed by atoms with E-state index in [4.69, 9.17) is 11.6 Å². The third-order valence-electron chi connectivity index (χ3n) is 4.45. The van der Waals surface area contributed by atoms with Crippen LogP contribution in [0.1, 0.15) is 50.1 Å². The van der Waals surface area contributed by atoms with Crippen molar-refractivity contribution in [2.75, 3.05) is 0 Å². The van der Waals surface area contributed by atoms with Crippen LogP contribution in [-0.2, 0) is 4.74 Å². The minimum Gasteiger partial charge on any atom is -0.439 e. The van der Waals surface area contributed by atoms with E-state index in [1.54, 1.807) is 6.08 Å². The molecule has 0 radical (unpaired) electrons. The number of rotatable bonds is 5. The summed E-state index contributed by atoms with van der Waals surface area (Å²) in [6, 6.07) is 3.68. The van der Waals surface area contributed by atoms with Gasteiger partial charge in [0.05, 0.1) is 17.5 Å². The molecule has 0 amide bonds. The standard InChI is InChI=1S/C18H18BrClF2N2O2/c1-3-11(20)6-12(9(2)26-18(21)22)13-7-14(25)16-17(13)24-8-10(19)4-5-15(24)23-16/h4-6,8,13-14,18,25H,3,7H2,1-2H3. The zero-order valence-corrected chi connectivity index (χ0v) is 16.6. The molecule has 0 aliphatic heterocycles. The van der Waals surface area contributed by atoms with Crippen LogP contribution in [0.2, 0.25) is 0 Å². The van der Waals surface area contributed by atoms with Crippen LogP contribution in [0.3, 0.4) is 0 Å². The zero-order chi connectivity index (χ0) is 19.0. The summed E-state index contributed by atoms with van der Waals surface area (Å²) in [4.78, 5) is 4.49. The first kappa shape index (κ1) is 19.3. The minimum atomic E-state index is -2.93. The van der Waals surface area contributed by atoms with Crippen LogP contribution in [0.4, 0.5) is 8.78 Å². The van der Waals surface area contributed by atoms with Gasteiger partial charge in [-0.3, -0.25) is 0 Å². The molecule has 140 valence electrons. The molecule has 1 N–H and O–H groups in total. The van der Waals surface area contributed by atoms with Crippen molar-refractivity contribution in [2.45, 2.75) is 45.3 Å². The van der Waals surface area contributed by atoms with Gasteiger partial charge in [0.15, 0.2) is 0 Å². The predicted molar refractivity (Wildman–Crippen MR) is 99.2 cm³/mol. The highest BCUT2D eigenvalue weighted by Crippen LogP contribution is 2.46. The number of imidazole rings is 1. The number of hydrogen-bond acceptors (Lipinski definition) is 3. The number of ether oxygens (including phenoxy) is 1. The van der Waals surface area contributed by atoms with Crippen LogP contribution in [0.5, 0.6) is 0 Å². The highest BCUT2D eigenvalue weighted by Gasteiger charge is 2.37. The van der Waals surface area contributed by atoms with Crippen LogP contribution in [0.25, 0.3) is 5.65 Å². The number of aliphatic hydroxyl groups excluding tert-OH is 1. The molecule has 2 aromatic heterocycles. The van der Waals surface area contributed by atoms with E-state index in [2.05, 4.69) is 25.7 Å². The molecule has 4 nitrogen and oxygen atoms in total. The molecule has 0 spiro atoms. The third kappa shape index (κ3) is 3.66. The van der Waals surface area contributed by atoms with Crippen molar-refractivity contribution < 1.29 is 18.6 Å². The molecule has 26 heavy (non-hydrogen) atoms. The van der Waals surface area contributed by atoms with Crippen LogP contribution >= 0.6 is 27.5 Å². The van der Waals surface area contributed by atoms with Crippen molar-refractivity contribution in [1.82, 2.24) is 9.38 Å². The molecule has 1 aliphatic rings. The van der Waals surface area contributed by atoms with Crippen molar-refractivity contribution in [3.05, 3.63) is 56.6 Å². The van der Waals surface area contributed by atoms with E-state index in [0.717, 1.165) is 10.2 Å². The van der Waals surface area contributed by atoms with Gasteiger partial charge in [-0.2, -0.15) is 8.78 Å². The van der Waals surface area contributed by atoms with Crippen molar-refractivity contribution >= 4 is 33.2 Å². The molecule has 2 atom stereocenters. The van der Waals surface area contributed by atoms with E-state index in [0.29, 0.717) is 34.8 Å². The summed E-state index contributed by atoms with van der Waals surface area (Å²) in [5.41, 5.74) is 2.52. The van der Waals surface area contributed by atoms with Gasteiger partial charge >= 0.3 is 6.61 Å². The number of nitrogens with zero attached hydrogens (tertiary/aromatic N) is 2. The van der Waals surface area contributed by atoms with Gasteiger partial charge in [0.2, 0.25) is 0 Å². The fourth-order valence-electron chi connectivity index (χ4n) is 3.29. The molecular formula is C18H18BrClF2N2O2. The monoisotopic (exact) mass is 446 g/mol. The maximum Gasteiger partial charge on any atom is 0.387 e. The lowest BCUT2D eigenvalue weighted by atomic mass is 9.94. The highest BCUT2D eigenvalue weighted by atomic mass is 79.9. The molecule has 3 rings (SSSR count). The van der Waals surface area contributed by atoms with Crippen molar-refractivity contribution in [3.8, 4) is 0 Å². The first-order chi connectivity index (χ1) is 12.3. The lowest BCUT2D eigenvalue weighted by Gasteiger charge is -2.18. The van der Waals surface area contributed by atoms with Crippen LogP contribution in [0.15, 0.2) is 45.2 Å². The average Bonchev–Trinajstić information content (AvgIpc) is 3.09. The number of fused-ring (bicyclic) bond motifs is 3. The van der Waals surface area contributed by atoms with Crippen LogP contribution in [-0.4, -0.2) is 21.1 Å². The van der Waals surface area contributed by atoms with Crippen LogP contribution in [0, 0.1) is 0 Å². The van der Waals surface area contributed by atoms with Crippen molar-refractivity contribution in [3.63, 3.8) is 0 Å². The van der Waals surface area contributed by atoms with Gasteiger partial charge in [-0.15, -0.1) is 0 Å². The fraction of sp³-hybridized carbons (Fsp3) is 0.389. The van der Waals surface area contributed by atoms with Gasteiger partial charge in [0, 0.05) is 27.2 Å². The summed E-state index contributed by atoms with van der Waals surface area (Å²) in [6.45, 7) is 0.433. The number of hydrogen-bond donors (Lipinski definition) is 1. The van der Waals surface area contributed by atoms with Gasteiger partial charge in [-0.25, -0.2) is 4.98 Å². The molecule has 2 heterocycles. The van der Waals surface area contributed by atoms with Gasteiger partial charge in [-0.1, -0.05) is 18.5 Å². The van der Waals surface area contributed by atoms with E-state index in [1.165, 1.54) is 6.92 Å². The molecule has 2 unspecified atom stereocenters. The largest absolute Gasteiger partial charge is 0.439 e. The first-order valence-corrected chi connectivity index (χ1v) is 9.36. The predicted octanol–water partition coefficient (Wildman–Crippen LogP) is 5.66. The van der Waals surface area contributed by atoms with Gasteiger partial charge in [0.1, 0.15) is 11.4 Å². The molecule has 2 aromatic rings. The molecule has 0 aromatic carbocycles. The number of alkyl halides is 2. The SMILES string of the molecule is CCC(Cl)=CC(=C(C)OC(F)F)C1CC(O)c2nc3ccc(Br)cn3c21. The van der Waals surface area contributed by atoms with Crippen molar-refractivity contribution in [2.24, 2.45) is 0 Å². The summed E-state index contributed by atoms with van der Waals surface area (Å²) < 4.78 is 32.9. The van der Waals surface area contributed by atoms with E-state index >= 15 is 0 Å². The Morgan fingerprint density at radius 2 is 2.27 bits per heavy atom. The molecular weight excluding hydrogens is 430 g/mol. The Balaban J connectivity index is 2.19. The molecule has 0 saturated heterocycles. The Morgan fingerprint density at radius 1 is 1.54 bits per heavy atom. The topological polar surface area (TPSA) is 46.8 Å². The lowest BCUT2D eigenvalue weighted by molar-refractivity contribution is -0.0964. The number of aromatic nitrogens is 2. The second-order valence-corrected chi connectivity index (χ2v) is 7.50. The van der Waals surface area contributed by atoms with E-state index in [9.17, 15) is 13.9 Å². The fourth-order valence-corrected chi connectivity index (χ4v) is 3.74. The Bertz CT molecular complexity index is 895. The van der Waals surface area contributed by atoms with E-state index in [1.807, 2.05) is 29.7 Å². The molecule has 0 fully saturated rings. The lowest BCUT2D eigenvalue weighted by Crippen LogP contribution is -2.08. The molecule has 8 heteroatoms. The quantitative estimate of drug-likeness (QED) is 0.475. The molecule has 0 bridgehead atoms. The van der Waals surface area contributed by atoms with Crippen molar-refractivity contribution in [1.29, 1.82) is 0 Å². The highest BCUT2D eigenvalue weighted by molar-refractivity contribution is 9.10. The normalized spacial score (nSPS) is 21.3. The molecule has 1 aliphatic carbocycles. The average molecular weight is 448 g/mol. The van der Waals surface area contributed by atoms with E-state index < -0.39 is 12.7 Å². The van der Waals surface area contributed by atoms with E-state index in [-0.39, 0.29) is 11.7 Å². The first-order valence-electron chi connectivity index (χ1n) is 8.18. The minimum absolute atomic E-state index is 0.0848. The summed E-state index contributed by atoms with van der Waals surface area (Å²) in [6.07, 6.45) is 3.61. The smallest absolute Gasteiger partial charge is 0.387 e. The van der Waals surface area contributed by atoms with Gasteiger partial charge in [-0.05, 0) is 53.9 Å². The third-order valence-corrected chi connectivity index (χ3v) is 5.30. The van der Waals surface area contributed by atoms with Gasteiger partial charge in [0.25, 0.3) is 0 Å². The van der Waals surface area contributed by atoms with Crippen LogP contribution < -0.4 is 0 Å². The number of pyridine rings is 1. The second-order valence-electron chi connectivity index (χ2n) is 6.10. The Kier molecular flexibility index (Phi) is 5.69. The number of aliphatic hydroxyl groups is 1. The Morgan fingerprint density at radius 3 is 2.92 bits per heavy atom. The molecule has 0 saturated carbocycles. The summed E-state index contributed by atoms with van der Waals surface area (Å²) >= 11 is 9.62. The zero-order valence-electron chi connectivity index (χ0n) is 14.2. The van der Waals surface area contributed by atoms with Gasteiger partial charge < -0.3 is 14.2 Å². The summed E-state index contributed by atoms with van der Waals surface area (Å²) in [5.74, 6) is -0.273. The number of allylic oxidation sites excluding steroid dienone is 4.